The average molecular weight is 371 g/mol. The monoisotopic (exact) mass is 371 g/mol. The van der Waals surface area contributed by atoms with E-state index in [0.29, 0.717) is 11.3 Å². The number of esters is 2. The predicted molar refractivity (Wildman–Crippen MR) is 99.0 cm³/mol. The largest absolute Gasteiger partial charge is 0.508 e. The van der Waals surface area contributed by atoms with Crippen molar-refractivity contribution in [1.29, 1.82) is 0 Å². The maximum Gasteiger partial charge on any atom is 0.340 e. The summed E-state index contributed by atoms with van der Waals surface area (Å²) in [5.74, 6) is -1.33. The van der Waals surface area contributed by atoms with Gasteiger partial charge in [-0.3, -0.25) is 9.59 Å². The molecular formula is C20H21NO6. The summed E-state index contributed by atoms with van der Waals surface area (Å²) in [5, 5.41) is 12.3. The van der Waals surface area contributed by atoms with E-state index in [-0.39, 0.29) is 23.6 Å². The van der Waals surface area contributed by atoms with Crippen LogP contribution in [-0.2, 0) is 9.53 Å². The fourth-order valence-electron chi connectivity index (χ4n) is 2.23. The number of anilines is 1. The van der Waals surface area contributed by atoms with Gasteiger partial charge in [0, 0.05) is 12.5 Å². The Morgan fingerprint density at radius 1 is 1.07 bits per heavy atom. The molecule has 0 aliphatic carbocycles. The summed E-state index contributed by atoms with van der Waals surface area (Å²) >= 11 is 0. The molecule has 2 rings (SSSR count). The van der Waals surface area contributed by atoms with Crippen LogP contribution in [0.5, 0.6) is 11.5 Å². The van der Waals surface area contributed by atoms with Gasteiger partial charge < -0.3 is 19.9 Å². The SMILES string of the molecule is CCCCOC(=O)c1cc(O)ccc1NC(=O)c1ccc(OC(C)=O)cc1. The van der Waals surface area contributed by atoms with Gasteiger partial charge in [-0.1, -0.05) is 13.3 Å². The van der Waals surface area contributed by atoms with Gasteiger partial charge in [0.15, 0.2) is 0 Å². The zero-order chi connectivity index (χ0) is 19.8. The van der Waals surface area contributed by atoms with E-state index in [1.54, 1.807) is 0 Å². The molecular weight excluding hydrogens is 350 g/mol. The summed E-state index contributed by atoms with van der Waals surface area (Å²) in [6, 6.07) is 10.0. The van der Waals surface area contributed by atoms with Crippen molar-refractivity contribution in [2.75, 3.05) is 11.9 Å². The smallest absolute Gasteiger partial charge is 0.340 e. The average Bonchev–Trinajstić information content (AvgIpc) is 2.63. The lowest BCUT2D eigenvalue weighted by atomic mass is 10.1. The third kappa shape index (κ3) is 5.85. The second-order valence-corrected chi connectivity index (χ2v) is 5.79. The van der Waals surface area contributed by atoms with Crippen LogP contribution < -0.4 is 10.1 Å². The molecule has 0 radical (unpaired) electrons. The molecule has 0 saturated carbocycles. The van der Waals surface area contributed by atoms with Crippen molar-refractivity contribution in [2.24, 2.45) is 0 Å². The van der Waals surface area contributed by atoms with Gasteiger partial charge in [-0.15, -0.1) is 0 Å². The number of ether oxygens (including phenoxy) is 2. The van der Waals surface area contributed by atoms with E-state index in [2.05, 4.69) is 5.32 Å². The molecule has 2 N–H and O–H groups in total. The van der Waals surface area contributed by atoms with Crippen molar-refractivity contribution in [3.63, 3.8) is 0 Å². The Morgan fingerprint density at radius 3 is 2.41 bits per heavy atom. The lowest BCUT2D eigenvalue weighted by molar-refractivity contribution is -0.131. The number of phenolic OH excluding ortho intramolecular Hbond substituents is 1. The number of amides is 1. The van der Waals surface area contributed by atoms with E-state index in [4.69, 9.17) is 9.47 Å². The van der Waals surface area contributed by atoms with Gasteiger partial charge in [-0.2, -0.15) is 0 Å². The third-order valence-corrected chi connectivity index (χ3v) is 3.58. The third-order valence-electron chi connectivity index (χ3n) is 3.58. The molecule has 0 fully saturated rings. The van der Waals surface area contributed by atoms with Crippen LogP contribution in [0.1, 0.15) is 47.4 Å². The zero-order valence-electron chi connectivity index (χ0n) is 15.2. The number of hydrogen-bond acceptors (Lipinski definition) is 6. The van der Waals surface area contributed by atoms with E-state index in [0.717, 1.165) is 12.8 Å². The molecule has 27 heavy (non-hydrogen) atoms. The standard InChI is InChI=1S/C20H21NO6/c1-3-4-11-26-20(25)17-12-15(23)7-10-18(17)21-19(24)14-5-8-16(9-6-14)27-13(2)22/h5-10,12,23H,3-4,11H2,1-2H3,(H,21,24). The molecule has 7 nitrogen and oxygen atoms in total. The lowest BCUT2D eigenvalue weighted by Gasteiger charge is -2.12. The van der Waals surface area contributed by atoms with Gasteiger partial charge in [0.25, 0.3) is 5.91 Å². The molecule has 2 aromatic rings. The van der Waals surface area contributed by atoms with E-state index in [9.17, 15) is 19.5 Å². The molecule has 0 aromatic heterocycles. The molecule has 0 saturated heterocycles. The first-order valence-corrected chi connectivity index (χ1v) is 8.50. The maximum absolute atomic E-state index is 12.4. The minimum absolute atomic E-state index is 0.0657. The van der Waals surface area contributed by atoms with Crippen LogP contribution in [0.3, 0.4) is 0 Å². The predicted octanol–water partition coefficient (Wildman–Crippen LogP) is 3.53. The van der Waals surface area contributed by atoms with E-state index in [1.807, 2.05) is 6.92 Å². The maximum atomic E-state index is 12.4. The highest BCUT2D eigenvalue weighted by Gasteiger charge is 2.17. The van der Waals surface area contributed by atoms with Crippen LogP contribution in [0.4, 0.5) is 5.69 Å². The molecule has 2 aromatic carbocycles. The number of nitrogens with one attached hydrogen (secondary N) is 1. The highest BCUT2D eigenvalue weighted by Crippen LogP contribution is 2.23. The minimum Gasteiger partial charge on any atom is -0.508 e. The molecule has 0 aliphatic heterocycles. The van der Waals surface area contributed by atoms with Crippen LogP contribution in [0.25, 0.3) is 0 Å². The van der Waals surface area contributed by atoms with Crippen LogP contribution in [-0.4, -0.2) is 29.6 Å². The van der Waals surface area contributed by atoms with Gasteiger partial charge in [0.1, 0.15) is 11.5 Å². The zero-order valence-corrected chi connectivity index (χ0v) is 15.2. The summed E-state index contributed by atoms with van der Waals surface area (Å²) in [7, 11) is 0. The van der Waals surface area contributed by atoms with Crippen LogP contribution in [0.15, 0.2) is 42.5 Å². The minimum atomic E-state index is -0.625. The van der Waals surface area contributed by atoms with Crippen LogP contribution >= 0.6 is 0 Å². The van der Waals surface area contributed by atoms with E-state index in [1.165, 1.54) is 49.4 Å². The number of hydrogen-bond donors (Lipinski definition) is 2. The Balaban J connectivity index is 2.15. The second kappa shape index (κ2) is 9.38. The second-order valence-electron chi connectivity index (χ2n) is 5.79. The first-order valence-electron chi connectivity index (χ1n) is 8.50. The molecule has 1 amide bonds. The van der Waals surface area contributed by atoms with Gasteiger partial charge >= 0.3 is 11.9 Å². The van der Waals surface area contributed by atoms with Crippen LogP contribution in [0.2, 0.25) is 0 Å². The van der Waals surface area contributed by atoms with Crippen molar-refractivity contribution < 1.29 is 29.0 Å². The Kier molecular flexibility index (Phi) is 6.93. The lowest BCUT2D eigenvalue weighted by Crippen LogP contribution is -2.16. The number of phenols is 1. The Morgan fingerprint density at radius 2 is 1.78 bits per heavy atom. The highest BCUT2D eigenvalue weighted by molar-refractivity contribution is 6.08. The summed E-state index contributed by atoms with van der Waals surface area (Å²) in [6.07, 6.45) is 1.60. The molecule has 0 unspecified atom stereocenters. The van der Waals surface area contributed by atoms with Crippen molar-refractivity contribution in [3.8, 4) is 11.5 Å². The van der Waals surface area contributed by atoms with Gasteiger partial charge in [0.05, 0.1) is 17.9 Å². The fraction of sp³-hybridized carbons (Fsp3) is 0.250. The van der Waals surface area contributed by atoms with Gasteiger partial charge in [0.2, 0.25) is 0 Å². The first kappa shape index (κ1) is 20.0. The van der Waals surface area contributed by atoms with Crippen molar-refractivity contribution in [1.82, 2.24) is 0 Å². The summed E-state index contributed by atoms with van der Waals surface area (Å²) in [6.45, 7) is 3.52. The van der Waals surface area contributed by atoms with Gasteiger partial charge in [-0.25, -0.2) is 4.79 Å². The number of carbonyl (C=O) groups excluding carboxylic acids is 3. The highest BCUT2D eigenvalue weighted by atomic mass is 16.5. The Hall–Kier alpha value is -3.35. The van der Waals surface area contributed by atoms with Gasteiger partial charge in [-0.05, 0) is 48.9 Å². The number of benzene rings is 2. The fourth-order valence-corrected chi connectivity index (χ4v) is 2.23. The first-order chi connectivity index (χ1) is 12.9. The van der Waals surface area contributed by atoms with Crippen molar-refractivity contribution in [2.45, 2.75) is 26.7 Å². The topological polar surface area (TPSA) is 102 Å². The molecule has 0 aliphatic rings. The van der Waals surface area contributed by atoms with Crippen molar-refractivity contribution >= 4 is 23.5 Å². The molecule has 0 atom stereocenters. The van der Waals surface area contributed by atoms with Crippen LogP contribution in [0, 0.1) is 0 Å². The Labute approximate surface area is 156 Å². The normalized spacial score (nSPS) is 10.1. The molecule has 142 valence electrons. The number of carbonyl (C=O) groups is 3. The summed E-state index contributed by atoms with van der Waals surface area (Å²) < 4.78 is 10.1. The van der Waals surface area contributed by atoms with E-state index < -0.39 is 17.8 Å². The molecule has 0 bridgehead atoms. The summed E-state index contributed by atoms with van der Waals surface area (Å²) in [4.78, 5) is 35.6. The summed E-state index contributed by atoms with van der Waals surface area (Å²) in [5.41, 5.74) is 0.601. The molecule has 7 heteroatoms. The number of aromatic hydroxyl groups is 1. The Bertz CT molecular complexity index is 829. The van der Waals surface area contributed by atoms with E-state index >= 15 is 0 Å². The molecule has 0 spiro atoms. The quantitative estimate of drug-likeness (QED) is 0.334. The number of unbranched alkanes of at least 4 members (excludes halogenated alkanes) is 1. The molecule has 0 heterocycles. The van der Waals surface area contributed by atoms with Crippen molar-refractivity contribution in [3.05, 3.63) is 53.6 Å². The number of rotatable bonds is 7.